The van der Waals surface area contributed by atoms with Gasteiger partial charge in [0.1, 0.15) is 5.82 Å². The van der Waals surface area contributed by atoms with Crippen molar-refractivity contribution in [3.63, 3.8) is 0 Å². The van der Waals surface area contributed by atoms with Gasteiger partial charge in [0.2, 0.25) is 5.82 Å². The Hall–Kier alpha value is -4.21. The smallest absolute Gasteiger partial charge is 0.295 e. The van der Waals surface area contributed by atoms with E-state index in [0.29, 0.717) is 16.9 Å². The fourth-order valence-electron chi connectivity index (χ4n) is 3.08. The van der Waals surface area contributed by atoms with E-state index in [1.165, 1.54) is 48.3 Å². The summed E-state index contributed by atoms with van der Waals surface area (Å²) in [5.41, 5.74) is 1.58. The van der Waals surface area contributed by atoms with Crippen LogP contribution in [0.5, 0.6) is 5.75 Å². The molecule has 0 spiro atoms. The maximum atomic E-state index is 13.7. The van der Waals surface area contributed by atoms with E-state index < -0.39 is 17.5 Å². The van der Waals surface area contributed by atoms with Gasteiger partial charge in [0.05, 0.1) is 30.9 Å². The van der Waals surface area contributed by atoms with E-state index in [1.54, 1.807) is 6.92 Å². The first-order valence-corrected chi connectivity index (χ1v) is 9.60. The molecule has 0 fully saturated rings. The van der Waals surface area contributed by atoms with Gasteiger partial charge in [-0.3, -0.25) is 14.6 Å². The summed E-state index contributed by atoms with van der Waals surface area (Å²) in [7, 11) is 1.36. The summed E-state index contributed by atoms with van der Waals surface area (Å²) in [5, 5.41) is 6.71. The Morgan fingerprint density at radius 3 is 2.72 bits per heavy atom. The molecule has 0 saturated carbocycles. The third-order valence-corrected chi connectivity index (χ3v) is 4.72. The Morgan fingerprint density at radius 2 is 1.97 bits per heavy atom. The highest BCUT2D eigenvalue weighted by atomic mass is 19.1. The van der Waals surface area contributed by atoms with Gasteiger partial charge < -0.3 is 10.1 Å². The van der Waals surface area contributed by atoms with Gasteiger partial charge in [-0.25, -0.2) is 18.3 Å². The summed E-state index contributed by atoms with van der Waals surface area (Å²) in [6, 6.07) is 7.83. The normalized spacial score (nSPS) is 10.9. The number of amides is 1. The number of carbonyl (C=O) groups is 2. The maximum absolute atomic E-state index is 13.7. The first-order valence-electron chi connectivity index (χ1n) is 9.60. The number of Topliss-reactive ketones (excluding diaryl/α,β-unsaturated/α-hetero) is 1. The van der Waals surface area contributed by atoms with Crippen LogP contribution in [0.3, 0.4) is 0 Å². The number of ketones is 1. The number of nitrogens with one attached hydrogen (secondary N) is 1. The second-order valence-electron chi connectivity index (χ2n) is 6.78. The number of aromatic nitrogens is 4. The molecule has 2 heterocycles. The molecule has 8 nitrogen and oxygen atoms in total. The van der Waals surface area contributed by atoms with Crippen molar-refractivity contribution in [1.82, 2.24) is 19.6 Å². The summed E-state index contributed by atoms with van der Waals surface area (Å²) >= 11 is 0. The third kappa shape index (κ3) is 4.02. The van der Waals surface area contributed by atoms with Crippen LogP contribution < -0.4 is 10.1 Å². The first kappa shape index (κ1) is 21.0. The Morgan fingerprint density at radius 1 is 1.16 bits per heavy atom. The van der Waals surface area contributed by atoms with E-state index in [2.05, 4.69) is 20.4 Å². The lowest BCUT2D eigenvalue weighted by Crippen LogP contribution is -2.16. The van der Waals surface area contributed by atoms with Crippen LogP contribution >= 0.6 is 0 Å². The number of hydrogen-bond donors (Lipinski definition) is 1. The van der Waals surface area contributed by atoms with Gasteiger partial charge in [0, 0.05) is 17.5 Å². The second-order valence-corrected chi connectivity index (χ2v) is 6.78. The van der Waals surface area contributed by atoms with Crippen LogP contribution in [0.1, 0.15) is 34.3 Å². The fraction of sp³-hybridized carbons (Fsp3) is 0.136. The number of benzene rings is 2. The van der Waals surface area contributed by atoms with Crippen molar-refractivity contribution in [3.05, 3.63) is 71.8 Å². The molecule has 0 aliphatic carbocycles. The van der Waals surface area contributed by atoms with Crippen molar-refractivity contribution in [3.8, 4) is 17.0 Å². The zero-order valence-electron chi connectivity index (χ0n) is 17.1. The van der Waals surface area contributed by atoms with Gasteiger partial charge in [-0.05, 0) is 36.4 Å². The van der Waals surface area contributed by atoms with Crippen LogP contribution in [0.15, 0.2) is 48.8 Å². The molecule has 10 heteroatoms. The van der Waals surface area contributed by atoms with E-state index in [4.69, 9.17) is 4.74 Å². The summed E-state index contributed by atoms with van der Waals surface area (Å²) in [4.78, 5) is 33.2. The molecule has 0 aliphatic heterocycles. The van der Waals surface area contributed by atoms with Gasteiger partial charge in [-0.1, -0.05) is 6.92 Å². The molecular formula is C22H17F2N5O3. The van der Waals surface area contributed by atoms with Crippen LogP contribution in [0.2, 0.25) is 0 Å². The van der Waals surface area contributed by atoms with Crippen LogP contribution in [-0.2, 0) is 0 Å². The molecule has 0 aliphatic rings. The molecule has 0 radical (unpaired) electrons. The standard InChI is InChI=1S/C22H17F2N5O3/c1-3-18(30)14-9-13(23)5-7-16(14)26-22(31)21-27-20-10-25-17(11-29(20)28-21)12-4-6-15(24)19(8-12)32-2/h4-11H,3H2,1-2H3,(H,26,31). The Labute approximate surface area is 180 Å². The molecule has 0 saturated heterocycles. The number of methoxy groups -OCH3 is 1. The van der Waals surface area contributed by atoms with E-state index in [0.717, 1.165) is 12.1 Å². The van der Waals surface area contributed by atoms with Crippen LogP contribution in [0.25, 0.3) is 16.9 Å². The SMILES string of the molecule is CCC(=O)c1cc(F)ccc1NC(=O)c1nc2cnc(-c3ccc(F)c(OC)c3)cn2n1. The number of halogens is 2. The van der Waals surface area contributed by atoms with E-state index >= 15 is 0 Å². The van der Waals surface area contributed by atoms with Gasteiger partial charge >= 0.3 is 0 Å². The predicted molar refractivity (Wildman–Crippen MR) is 112 cm³/mol. The van der Waals surface area contributed by atoms with Crippen molar-refractivity contribution in [2.75, 3.05) is 12.4 Å². The molecular weight excluding hydrogens is 420 g/mol. The van der Waals surface area contributed by atoms with Gasteiger partial charge in [-0.15, -0.1) is 5.10 Å². The van der Waals surface area contributed by atoms with Crippen molar-refractivity contribution in [2.45, 2.75) is 13.3 Å². The average molecular weight is 437 g/mol. The van der Waals surface area contributed by atoms with E-state index in [-0.39, 0.29) is 35.0 Å². The largest absolute Gasteiger partial charge is 0.494 e. The number of rotatable bonds is 6. The lowest BCUT2D eigenvalue weighted by molar-refractivity contribution is 0.0988. The zero-order chi connectivity index (χ0) is 22.8. The minimum Gasteiger partial charge on any atom is -0.494 e. The first-order chi connectivity index (χ1) is 15.4. The molecule has 0 bridgehead atoms. The van der Waals surface area contributed by atoms with Gasteiger partial charge in [-0.2, -0.15) is 0 Å². The molecule has 2 aromatic carbocycles. The average Bonchev–Trinajstić information content (AvgIpc) is 3.23. The molecule has 0 unspecified atom stereocenters. The highest BCUT2D eigenvalue weighted by Gasteiger charge is 2.18. The topological polar surface area (TPSA) is 98.5 Å². The Kier molecular flexibility index (Phi) is 5.59. The van der Waals surface area contributed by atoms with Crippen molar-refractivity contribution in [2.24, 2.45) is 0 Å². The van der Waals surface area contributed by atoms with Crippen LogP contribution in [-0.4, -0.2) is 38.4 Å². The monoisotopic (exact) mass is 437 g/mol. The van der Waals surface area contributed by atoms with Crippen molar-refractivity contribution >= 4 is 23.0 Å². The van der Waals surface area contributed by atoms with Gasteiger partial charge in [0.25, 0.3) is 5.91 Å². The molecule has 2 aromatic heterocycles. The quantitative estimate of drug-likeness (QED) is 0.459. The lowest BCUT2D eigenvalue weighted by Gasteiger charge is -2.08. The van der Waals surface area contributed by atoms with Gasteiger partial charge in [0.15, 0.2) is 23.0 Å². The lowest BCUT2D eigenvalue weighted by atomic mass is 10.1. The molecule has 32 heavy (non-hydrogen) atoms. The highest BCUT2D eigenvalue weighted by Crippen LogP contribution is 2.25. The zero-order valence-corrected chi connectivity index (χ0v) is 17.1. The molecule has 162 valence electrons. The second kappa shape index (κ2) is 8.50. The molecule has 1 amide bonds. The molecule has 0 atom stereocenters. The summed E-state index contributed by atoms with van der Waals surface area (Å²) in [6.07, 6.45) is 3.11. The summed E-state index contributed by atoms with van der Waals surface area (Å²) in [5.74, 6) is -2.16. The summed E-state index contributed by atoms with van der Waals surface area (Å²) in [6.45, 7) is 1.64. The minimum absolute atomic E-state index is 0.0684. The Balaban J connectivity index is 1.64. The van der Waals surface area contributed by atoms with E-state index in [1.807, 2.05) is 0 Å². The molecule has 4 rings (SSSR count). The number of carbonyl (C=O) groups excluding carboxylic acids is 2. The predicted octanol–water partition coefficient (Wildman–Crippen LogP) is 3.92. The Bertz CT molecular complexity index is 1350. The fourth-order valence-corrected chi connectivity index (χ4v) is 3.08. The highest BCUT2D eigenvalue weighted by molar-refractivity contribution is 6.08. The number of ether oxygens (including phenoxy) is 1. The van der Waals surface area contributed by atoms with Crippen molar-refractivity contribution < 1.29 is 23.1 Å². The number of anilines is 1. The number of nitrogens with zero attached hydrogens (tertiary/aromatic N) is 4. The van der Waals surface area contributed by atoms with Crippen LogP contribution in [0.4, 0.5) is 14.5 Å². The van der Waals surface area contributed by atoms with Crippen LogP contribution in [0, 0.1) is 11.6 Å². The molecule has 1 N–H and O–H groups in total. The molecule has 4 aromatic rings. The summed E-state index contributed by atoms with van der Waals surface area (Å²) < 4.78 is 33.6. The van der Waals surface area contributed by atoms with E-state index in [9.17, 15) is 18.4 Å². The van der Waals surface area contributed by atoms with Crippen molar-refractivity contribution in [1.29, 1.82) is 0 Å². The number of hydrogen-bond acceptors (Lipinski definition) is 6. The number of fused-ring (bicyclic) bond motifs is 1. The maximum Gasteiger partial charge on any atom is 0.295 e. The third-order valence-electron chi connectivity index (χ3n) is 4.72. The minimum atomic E-state index is -0.671.